The first-order valence-corrected chi connectivity index (χ1v) is 4.91. The second kappa shape index (κ2) is 3.15. The van der Waals surface area contributed by atoms with Crippen LogP contribution in [0.1, 0.15) is 5.69 Å². The summed E-state index contributed by atoms with van der Waals surface area (Å²) >= 11 is 1.71. The molecule has 5 heteroatoms. The lowest BCUT2D eigenvalue weighted by atomic mass is 10.2. The molecule has 1 nitrogen and oxygen atoms in total. The van der Waals surface area contributed by atoms with Gasteiger partial charge in [0.1, 0.15) is 5.69 Å². The van der Waals surface area contributed by atoms with Crippen LogP contribution in [0.3, 0.4) is 0 Å². The molecule has 14 heavy (non-hydrogen) atoms. The van der Waals surface area contributed by atoms with Crippen LogP contribution >= 0.6 is 22.6 Å². The highest BCUT2D eigenvalue weighted by Crippen LogP contribution is 2.35. The molecule has 0 saturated heterocycles. The maximum absolute atomic E-state index is 12.5. The molecule has 0 saturated carbocycles. The van der Waals surface area contributed by atoms with Crippen molar-refractivity contribution in [3.05, 3.63) is 33.5 Å². The van der Waals surface area contributed by atoms with Crippen LogP contribution in [-0.2, 0) is 6.18 Å². The molecule has 2 rings (SSSR count). The van der Waals surface area contributed by atoms with E-state index in [4.69, 9.17) is 0 Å². The van der Waals surface area contributed by atoms with E-state index in [0.717, 1.165) is 0 Å². The summed E-state index contributed by atoms with van der Waals surface area (Å²) in [7, 11) is 0. The van der Waals surface area contributed by atoms with Gasteiger partial charge >= 0.3 is 6.18 Å². The van der Waals surface area contributed by atoms with Crippen molar-refractivity contribution < 1.29 is 13.2 Å². The summed E-state index contributed by atoms with van der Waals surface area (Å²) in [4.78, 5) is 2.37. The summed E-state index contributed by atoms with van der Waals surface area (Å²) in [6.45, 7) is 0. The molecule has 0 amide bonds. The first-order chi connectivity index (χ1) is 6.50. The van der Waals surface area contributed by atoms with Crippen LogP contribution in [0.5, 0.6) is 0 Å². The van der Waals surface area contributed by atoms with Gasteiger partial charge in [-0.15, -0.1) is 0 Å². The van der Waals surface area contributed by atoms with E-state index in [2.05, 4.69) is 4.98 Å². The van der Waals surface area contributed by atoms with E-state index in [-0.39, 0.29) is 3.57 Å². The minimum Gasteiger partial charge on any atom is -0.350 e. The van der Waals surface area contributed by atoms with Gasteiger partial charge in [-0.05, 0) is 28.7 Å². The highest BCUT2D eigenvalue weighted by molar-refractivity contribution is 14.1. The number of alkyl halides is 3. The molecule has 1 aromatic heterocycles. The predicted octanol–water partition coefficient (Wildman–Crippen LogP) is 3.79. The highest BCUT2D eigenvalue weighted by Gasteiger charge is 2.35. The minimum absolute atomic E-state index is 0.228. The van der Waals surface area contributed by atoms with Gasteiger partial charge in [0.25, 0.3) is 0 Å². The third-order valence-electron chi connectivity index (χ3n) is 1.93. The number of para-hydroxylation sites is 1. The van der Waals surface area contributed by atoms with Crippen LogP contribution in [0.15, 0.2) is 24.3 Å². The van der Waals surface area contributed by atoms with Gasteiger partial charge < -0.3 is 4.98 Å². The maximum atomic E-state index is 12.5. The molecule has 0 atom stereocenters. The second-order valence-corrected chi connectivity index (χ2v) is 3.94. The van der Waals surface area contributed by atoms with Crippen molar-refractivity contribution in [3.63, 3.8) is 0 Å². The van der Waals surface area contributed by atoms with Crippen molar-refractivity contribution in [2.45, 2.75) is 6.18 Å². The first kappa shape index (κ1) is 9.82. The Morgan fingerprint density at radius 3 is 2.36 bits per heavy atom. The molecule has 0 aliphatic rings. The number of hydrogen-bond acceptors (Lipinski definition) is 0. The number of aromatic amines is 1. The van der Waals surface area contributed by atoms with Crippen molar-refractivity contribution in [1.29, 1.82) is 0 Å². The average Bonchev–Trinajstić information content (AvgIpc) is 2.44. The summed E-state index contributed by atoms with van der Waals surface area (Å²) in [6.07, 6.45) is -4.31. The Balaban J connectivity index is 2.75. The van der Waals surface area contributed by atoms with Gasteiger partial charge in [-0.2, -0.15) is 13.2 Å². The summed E-state index contributed by atoms with van der Waals surface area (Å²) < 4.78 is 37.6. The Bertz CT molecular complexity index is 472. The van der Waals surface area contributed by atoms with Crippen molar-refractivity contribution in [1.82, 2.24) is 4.98 Å². The first-order valence-electron chi connectivity index (χ1n) is 3.83. The van der Waals surface area contributed by atoms with Gasteiger partial charge in [0, 0.05) is 10.9 Å². The average molecular weight is 311 g/mol. The normalized spacial score (nSPS) is 12.3. The number of halogens is 4. The van der Waals surface area contributed by atoms with E-state index in [0.29, 0.717) is 10.9 Å². The monoisotopic (exact) mass is 311 g/mol. The van der Waals surface area contributed by atoms with Gasteiger partial charge in [0.15, 0.2) is 0 Å². The SMILES string of the molecule is FC(F)(F)c1[nH]c2ccccc2c1I. The molecular formula is C9H5F3IN. The van der Waals surface area contributed by atoms with Crippen LogP contribution in [0.2, 0.25) is 0 Å². The minimum atomic E-state index is -4.31. The number of nitrogens with one attached hydrogen (secondary N) is 1. The zero-order valence-electron chi connectivity index (χ0n) is 6.82. The van der Waals surface area contributed by atoms with Crippen LogP contribution in [0.4, 0.5) is 13.2 Å². The summed E-state index contributed by atoms with van der Waals surface area (Å²) in [5.74, 6) is 0. The van der Waals surface area contributed by atoms with E-state index < -0.39 is 11.9 Å². The Labute approximate surface area is 91.4 Å². The molecule has 0 radical (unpaired) electrons. The van der Waals surface area contributed by atoms with E-state index in [9.17, 15) is 13.2 Å². The number of benzene rings is 1. The fourth-order valence-electron chi connectivity index (χ4n) is 1.30. The molecule has 0 aliphatic heterocycles. The van der Waals surface area contributed by atoms with Crippen molar-refractivity contribution in [2.75, 3.05) is 0 Å². The lowest BCUT2D eigenvalue weighted by Gasteiger charge is -2.03. The number of rotatable bonds is 0. The third-order valence-corrected chi connectivity index (χ3v) is 3.05. The van der Waals surface area contributed by atoms with Gasteiger partial charge in [0.2, 0.25) is 0 Å². The van der Waals surface area contributed by atoms with Gasteiger partial charge in [0.05, 0.1) is 3.57 Å². The Morgan fingerprint density at radius 1 is 1.14 bits per heavy atom. The molecule has 0 spiro atoms. The quantitative estimate of drug-likeness (QED) is 0.713. The van der Waals surface area contributed by atoms with Crippen molar-refractivity contribution >= 4 is 33.5 Å². The Kier molecular flexibility index (Phi) is 2.21. The molecule has 1 heterocycles. The molecule has 74 valence electrons. The van der Waals surface area contributed by atoms with Crippen molar-refractivity contribution in [3.8, 4) is 0 Å². The Morgan fingerprint density at radius 2 is 1.79 bits per heavy atom. The number of fused-ring (bicyclic) bond motifs is 1. The fraction of sp³-hybridized carbons (Fsp3) is 0.111. The largest absolute Gasteiger partial charge is 0.432 e. The van der Waals surface area contributed by atoms with Gasteiger partial charge in [-0.25, -0.2) is 0 Å². The lowest BCUT2D eigenvalue weighted by molar-refractivity contribution is -0.141. The van der Waals surface area contributed by atoms with Gasteiger partial charge in [-0.1, -0.05) is 18.2 Å². The van der Waals surface area contributed by atoms with E-state index in [1.165, 1.54) is 0 Å². The number of aromatic nitrogens is 1. The second-order valence-electron chi connectivity index (χ2n) is 2.86. The van der Waals surface area contributed by atoms with E-state index in [1.54, 1.807) is 46.9 Å². The fourth-order valence-corrected chi connectivity index (χ4v) is 2.21. The molecule has 0 bridgehead atoms. The topological polar surface area (TPSA) is 15.8 Å². The lowest BCUT2D eigenvalue weighted by Crippen LogP contribution is -2.06. The van der Waals surface area contributed by atoms with Crippen LogP contribution in [0, 0.1) is 3.57 Å². The zero-order chi connectivity index (χ0) is 10.3. The molecule has 0 aliphatic carbocycles. The molecule has 0 unspecified atom stereocenters. The summed E-state index contributed by atoms with van der Waals surface area (Å²) in [5.41, 5.74) is -0.150. The highest BCUT2D eigenvalue weighted by atomic mass is 127. The van der Waals surface area contributed by atoms with Crippen LogP contribution in [0.25, 0.3) is 10.9 Å². The molecular weight excluding hydrogens is 306 g/mol. The molecule has 0 fully saturated rings. The summed E-state index contributed by atoms with van der Waals surface area (Å²) in [6, 6.07) is 6.73. The molecule has 1 N–H and O–H groups in total. The predicted molar refractivity (Wildman–Crippen MR) is 56.0 cm³/mol. The van der Waals surface area contributed by atoms with Gasteiger partial charge in [-0.3, -0.25) is 0 Å². The van der Waals surface area contributed by atoms with E-state index in [1.807, 2.05) is 0 Å². The van der Waals surface area contributed by atoms with E-state index >= 15 is 0 Å². The Hall–Kier alpha value is -0.720. The number of hydrogen-bond donors (Lipinski definition) is 1. The number of H-pyrrole nitrogens is 1. The third kappa shape index (κ3) is 1.49. The van der Waals surface area contributed by atoms with Crippen LogP contribution < -0.4 is 0 Å². The smallest absolute Gasteiger partial charge is 0.350 e. The zero-order valence-corrected chi connectivity index (χ0v) is 8.98. The molecule has 2 aromatic rings. The standard InChI is InChI=1S/C9H5F3IN/c10-9(11,12)8-7(13)5-3-1-2-4-6(5)14-8/h1-4,14H. The maximum Gasteiger partial charge on any atom is 0.432 e. The molecule has 1 aromatic carbocycles. The van der Waals surface area contributed by atoms with Crippen LogP contribution in [-0.4, -0.2) is 4.98 Å². The van der Waals surface area contributed by atoms with Crippen molar-refractivity contribution in [2.24, 2.45) is 0 Å². The summed E-state index contributed by atoms with van der Waals surface area (Å²) in [5, 5.41) is 0.612.